The van der Waals surface area contributed by atoms with Gasteiger partial charge in [0.2, 0.25) is 10.0 Å². The minimum absolute atomic E-state index is 0.0605. The Morgan fingerprint density at radius 3 is 2.07 bits per heavy atom. The van der Waals surface area contributed by atoms with Gasteiger partial charge in [-0.3, -0.25) is 4.79 Å². The number of sulfonamides is 1. The lowest BCUT2D eigenvalue weighted by Crippen LogP contribution is -2.50. The second-order valence-electron chi connectivity index (χ2n) is 6.56. The normalized spacial score (nSPS) is 15.0. The predicted molar refractivity (Wildman–Crippen MR) is 110 cm³/mol. The van der Waals surface area contributed by atoms with Crippen LogP contribution in [0.1, 0.15) is 20.7 Å². The molecule has 2 aromatic rings. The highest BCUT2D eigenvalue weighted by molar-refractivity contribution is 7.89. The Balaban J connectivity index is 1.70. The number of hydrogen-bond donors (Lipinski definition) is 0. The van der Waals surface area contributed by atoms with Crippen LogP contribution in [-0.4, -0.2) is 69.9 Å². The topological polar surface area (TPSA) is 93.2 Å². The van der Waals surface area contributed by atoms with Gasteiger partial charge in [-0.2, -0.15) is 4.31 Å². The van der Waals surface area contributed by atoms with Crippen LogP contribution in [-0.2, 0) is 14.8 Å². The second kappa shape index (κ2) is 9.03. The van der Waals surface area contributed by atoms with E-state index in [-0.39, 0.29) is 47.6 Å². The average Bonchev–Trinajstić information content (AvgIpc) is 2.77. The molecular weight excluding hydrogens is 432 g/mol. The number of esters is 1. The van der Waals surface area contributed by atoms with Crippen LogP contribution in [0.3, 0.4) is 0 Å². The van der Waals surface area contributed by atoms with Crippen molar-refractivity contribution in [1.29, 1.82) is 0 Å². The summed E-state index contributed by atoms with van der Waals surface area (Å²) in [6.45, 7) is 0.780. The van der Waals surface area contributed by atoms with Gasteiger partial charge >= 0.3 is 5.97 Å². The fourth-order valence-corrected chi connectivity index (χ4v) is 5.08. The van der Waals surface area contributed by atoms with Crippen molar-refractivity contribution in [3.05, 3.63) is 58.6 Å². The van der Waals surface area contributed by atoms with Crippen molar-refractivity contribution in [2.24, 2.45) is 0 Å². The van der Waals surface area contributed by atoms with E-state index >= 15 is 0 Å². The maximum absolute atomic E-state index is 13.0. The molecule has 1 saturated heterocycles. The highest BCUT2D eigenvalue weighted by Gasteiger charge is 2.32. The average molecular weight is 453 g/mol. The number of piperazine rings is 1. The smallest absolute Gasteiger partial charge is 0.337 e. The molecule has 2 aromatic carbocycles. The van der Waals surface area contributed by atoms with Crippen LogP contribution in [0, 0.1) is 0 Å². The zero-order valence-electron chi connectivity index (χ0n) is 16.5. The van der Waals surface area contributed by atoms with Gasteiger partial charge in [-0.25, -0.2) is 13.2 Å². The van der Waals surface area contributed by atoms with E-state index in [0.717, 1.165) is 0 Å². The van der Waals surface area contributed by atoms with Crippen LogP contribution >= 0.6 is 11.6 Å². The van der Waals surface area contributed by atoms with Crippen molar-refractivity contribution in [2.45, 2.75) is 4.90 Å². The highest BCUT2D eigenvalue weighted by atomic mass is 35.5. The Morgan fingerprint density at radius 2 is 1.53 bits per heavy atom. The molecule has 1 aliphatic rings. The summed E-state index contributed by atoms with van der Waals surface area (Å²) in [4.78, 5) is 25.8. The van der Waals surface area contributed by atoms with Gasteiger partial charge in [-0.05, 0) is 42.5 Å². The van der Waals surface area contributed by atoms with E-state index in [1.165, 1.54) is 29.6 Å². The molecule has 0 saturated carbocycles. The monoisotopic (exact) mass is 452 g/mol. The summed E-state index contributed by atoms with van der Waals surface area (Å²) >= 11 is 6.13. The third kappa shape index (κ3) is 4.43. The number of carbonyl (C=O) groups is 2. The van der Waals surface area contributed by atoms with Crippen LogP contribution in [0.4, 0.5) is 0 Å². The zero-order valence-corrected chi connectivity index (χ0v) is 18.1. The lowest BCUT2D eigenvalue weighted by Gasteiger charge is -2.34. The van der Waals surface area contributed by atoms with Crippen molar-refractivity contribution >= 4 is 33.5 Å². The van der Waals surface area contributed by atoms with E-state index in [9.17, 15) is 18.0 Å². The number of halogens is 1. The minimum atomic E-state index is -3.87. The molecule has 1 fully saturated rings. The molecule has 10 heteroatoms. The van der Waals surface area contributed by atoms with Crippen LogP contribution in [0.15, 0.2) is 47.4 Å². The van der Waals surface area contributed by atoms with Crippen molar-refractivity contribution < 1.29 is 27.5 Å². The number of nitrogens with zero attached hydrogens (tertiary/aromatic N) is 2. The molecule has 160 valence electrons. The Morgan fingerprint density at radius 1 is 0.933 bits per heavy atom. The number of methoxy groups -OCH3 is 2. The first kappa shape index (κ1) is 22.1. The molecule has 0 atom stereocenters. The number of hydrogen-bond acceptors (Lipinski definition) is 6. The molecule has 0 bridgehead atoms. The largest absolute Gasteiger partial charge is 0.497 e. The molecule has 3 rings (SSSR count). The van der Waals surface area contributed by atoms with E-state index in [1.807, 2.05) is 0 Å². The standard InChI is InChI=1S/C20H21ClN2O6S/c1-28-16-6-3-14(4-7-16)19(24)22-9-11-23(12-10-22)30(26,27)18-8-5-15(13-17(18)21)20(25)29-2/h3-8,13H,9-12H2,1-2H3. The highest BCUT2D eigenvalue weighted by Crippen LogP contribution is 2.27. The fraction of sp³-hybridized carbons (Fsp3) is 0.300. The molecule has 1 heterocycles. The fourth-order valence-electron chi connectivity index (χ4n) is 3.14. The Hall–Kier alpha value is -2.62. The summed E-state index contributed by atoms with van der Waals surface area (Å²) in [6.07, 6.45) is 0. The molecule has 1 aliphatic heterocycles. The van der Waals surface area contributed by atoms with E-state index < -0.39 is 16.0 Å². The van der Waals surface area contributed by atoms with Crippen LogP contribution < -0.4 is 4.74 Å². The van der Waals surface area contributed by atoms with E-state index in [1.54, 1.807) is 36.3 Å². The van der Waals surface area contributed by atoms with E-state index in [0.29, 0.717) is 11.3 Å². The van der Waals surface area contributed by atoms with Gasteiger partial charge in [0.25, 0.3) is 5.91 Å². The van der Waals surface area contributed by atoms with Gasteiger partial charge in [-0.15, -0.1) is 0 Å². The molecule has 0 spiro atoms. The van der Waals surface area contributed by atoms with Crippen LogP contribution in [0.5, 0.6) is 5.75 Å². The van der Waals surface area contributed by atoms with Gasteiger partial charge in [0.15, 0.2) is 0 Å². The Labute approximate surface area is 180 Å². The maximum atomic E-state index is 13.0. The first-order chi connectivity index (χ1) is 14.3. The van der Waals surface area contributed by atoms with Gasteiger partial charge < -0.3 is 14.4 Å². The molecule has 1 amide bonds. The lowest BCUT2D eigenvalue weighted by atomic mass is 10.2. The van der Waals surface area contributed by atoms with E-state index in [2.05, 4.69) is 4.74 Å². The molecule has 0 radical (unpaired) electrons. The second-order valence-corrected chi connectivity index (χ2v) is 8.88. The molecule has 0 aliphatic carbocycles. The van der Waals surface area contributed by atoms with Crippen molar-refractivity contribution in [3.8, 4) is 5.75 Å². The number of amides is 1. The molecular formula is C20H21ClN2O6S. The summed E-state index contributed by atoms with van der Waals surface area (Å²) in [5, 5.41) is -0.0605. The SMILES string of the molecule is COC(=O)c1ccc(S(=O)(=O)N2CCN(C(=O)c3ccc(OC)cc3)CC2)c(Cl)c1. The molecule has 0 N–H and O–H groups in total. The minimum Gasteiger partial charge on any atom is -0.497 e. The lowest BCUT2D eigenvalue weighted by molar-refractivity contribution is 0.0600. The molecule has 0 unspecified atom stereocenters. The number of rotatable bonds is 5. The summed E-state index contributed by atoms with van der Waals surface area (Å²) in [7, 11) is -1.09. The number of ether oxygens (including phenoxy) is 2. The summed E-state index contributed by atoms with van der Waals surface area (Å²) in [5.74, 6) is -0.126. The van der Waals surface area contributed by atoms with Crippen molar-refractivity contribution in [3.63, 3.8) is 0 Å². The third-order valence-electron chi connectivity index (χ3n) is 4.83. The molecule has 30 heavy (non-hydrogen) atoms. The Kier molecular flexibility index (Phi) is 6.64. The molecule has 0 aromatic heterocycles. The summed E-state index contributed by atoms with van der Waals surface area (Å²) < 4.78 is 37.0. The van der Waals surface area contributed by atoms with Gasteiger partial charge in [0, 0.05) is 31.7 Å². The van der Waals surface area contributed by atoms with Crippen molar-refractivity contribution in [2.75, 3.05) is 40.4 Å². The molecule has 8 nitrogen and oxygen atoms in total. The first-order valence-corrected chi connectivity index (χ1v) is 10.9. The zero-order chi connectivity index (χ0) is 21.9. The predicted octanol–water partition coefficient (Wildman–Crippen LogP) is 2.28. The first-order valence-electron chi connectivity index (χ1n) is 9.09. The quantitative estimate of drug-likeness (QED) is 0.646. The summed E-state index contributed by atoms with van der Waals surface area (Å²) in [5.41, 5.74) is 0.671. The van der Waals surface area contributed by atoms with E-state index in [4.69, 9.17) is 16.3 Å². The maximum Gasteiger partial charge on any atom is 0.337 e. The van der Waals surface area contributed by atoms with Crippen LogP contribution in [0.2, 0.25) is 5.02 Å². The van der Waals surface area contributed by atoms with Crippen LogP contribution in [0.25, 0.3) is 0 Å². The van der Waals surface area contributed by atoms with Gasteiger partial charge in [0.1, 0.15) is 10.6 Å². The Bertz CT molecular complexity index is 1050. The van der Waals surface area contributed by atoms with Gasteiger partial charge in [-0.1, -0.05) is 11.6 Å². The number of benzene rings is 2. The van der Waals surface area contributed by atoms with Crippen molar-refractivity contribution in [1.82, 2.24) is 9.21 Å². The third-order valence-corrected chi connectivity index (χ3v) is 7.22. The summed E-state index contributed by atoms with van der Waals surface area (Å²) in [6, 6.07) is 10.7. The van der Waals surface area contributed by atoms with Gasteiger partial charge in [0.05, 0.1) is 24.8 Å². The number of carbonyl (C=O) groups excluding carboxylic acids is 2.